The fraction of sp³-hybridized carbons (Fsp3) is 0.800. The van der Waals surface area contributed by atoms with Crippen molar-refractivity contribution in [2.75, 3.05) is 33.3 Å². The fourth-order valence-electron chi connectivity index (χ4n) is 3.03. The van der Waals surface area contributed by atoms with Crippen LogP contribution in [0.2, 0.25) is 0 Å². The molecule has 2 heterocycles. The van der Waals surface area contributed by atoms with Crippen molar-refractivity contribution in [3.63, 3.8) is 0 Å². The van der Waals surface area contributed by atoms with E-state index in [-0.39, 0.29) is 30.2 Å². The Labute approximate surface area is 125 Å². The van der Waals surface area contributed by atoms with E-state index in [1.54, 1.807) is 9.80 Å². The van der Waals surface area contributed by atoms with Crippen molar-refractivity contribution in [1.82, 2.24) is 9.80 Å². The summed E-state index contributed by atoms with van der Waals surface area (Å²) in [5.74, 6) is -0.466. The molecule has 2 amide bonds. The Hall–Kier alpha value is -1.59. The van der Waals surface area contributed by atoms with Gasteiger partial charge >= 0.3 is 5.97 Å². The van der Waals surface area contributed by atoms with Crippen LogP contribution in [0.5, 0.6) is 0 Å². The van der Waals surface area contributed by atoms with Crippen LogP contribution in [-0.4, -0.2) is 60.9 Å². The Kier molecular flexibility index (Phi) is 5.59. The molecule has 0 N–H and O–H groups in total. The molecule has 2 aliphatic heterocycles. The van der Waals surface area contributed by atoms with E-state index >= 15 is 0 Å². The van der Waals surface area contributed by atoms with E-state index in [1.807, 2.05) is 0 Å². The first-order valence-corrected chi connectivity index (χ1v) is 7.75. The van der Waals surface area contributed by atoms with Crippen molar-refractivity contribution < 1.29 is 19.1 Å². The van der Waals surface area contributed by atoms with Gasteiger partial charge in [-0.3, -0.25) is 14.4 Å². The van der Waals surface area contributed by atoms with Gasteiger partial charge in [0.15, 0.2) is 0 Å². The Balaban J connectivity index is 1.89. The minimum Gasteiger partial charge on any atom is -0.469 e. The fourth-order valence-corrected chi connectivity index (χ4v) is 3.03. The molecular weight excluding hydrogens is 272 g/mol. The molecule has 0 spiro atoms. The molecular formula is C15H24N2O4. The van der Waals surface area contributed by atoms with Crippen molar-refractivity contribution in [1.29, 1.82) is 0 Å². The summed E-state index contributed by atoms with van der Waals surface area (Å²) in [6.45, 7) is 1.88. The summed E-state index contributed by atoms with van der Waals surface area (Å²) in [5.41, 5.74) is 0. The maximum atomic E-state index is 12.4. The van der Waals surface area contributed by atoms with Crippen LogP contribution in [-0.2, 0) is 19.1 Å². The first-order valence-electron chi connectivity index (χ1n) is 7.75. The number of likely N-dealkylation sites (tertiary alicyclic amines) is 2. The Morgan fingerprint density at radius 1 is 1.19 bits per heavy atom. The number of carbonyl (C=O) groups is 3. The summed E-state index contributed by atoms with van der Waals surface area (Å²) >= 11 is 0. The van der Waals surface area contributed by atoms with E-state index in [9.17, 15) is 14.4 Å². The van der Waals surface area contributed by atoms with Crippen molar-refractivity contribution in [3.05, 3.63) is 0 Å². The van der Waals surface area contributed by atoms with Gasteiger partial charge in [0.2, 0.25) is 11.8 Å². The zero-order chi connectivity index (χ0) is 15.2. The van der Waals surface area contributed by atoms with Crippen LogP contribution in [0.15, 0.2) is 0 Å². The summed E-state index contributed by atoms with van der Waals surface area (Å²) in [5, 5.41) is 0. The standard InChI is InChI=1S/C15H24N2O4/c1-21-15(20)12-6-5-9-16(10-12)14(19)11-17-8-4-2-3-7-13(17)18/h12H,2-11H2,1H3/t12-/m0/s1. The quantitative estimate of drug-likeness (QED) is 0.723. The minimum absolute atomic E-state index is 0.0566. The number of methoxy groups -OCH3 is 1. The van der Waals surface area contributed by atoms with E-state index in [1.165, 1.54) is 7.11 Å². The van der Waals surface area contributed by atoms with Gasteiger partial charge in [-0.05, 0) is 25.7 Å². The highest BCUT2D eigenvalue weighted by molar-refractivity contribution is 5.85. The summed E-state index contributed by atoms with van der Waals surface area (Å²) in [6.07, 6.45) is 5.03. The number of esters is 1. The van der Waals surface area contributed by atoms with Crippen molar-refractivity contribution in [2.24, 2.45) is 5.92 Å². The maximum absolute atomic E-state index is 12.4. The number of hydrogen-bond donors (Lipinski definition) is 0. The summed E-state index contributed by atoms with van der Waals surface area (Å²) in [6, 6.07) is 0. The third kappa shape index (κ3) is 4.19. The van der Waals surface area contributed by atoms with Crippen LogP contribution in [0.3, 0.4) is 0 Å². The number of carbonyl (C=O) groups excluding carboxylic acids is 3. The highest BCUT2D eigenvalue weighted by Crippen LogP contribution is 2.18. The second kappa shape index (κ2) is 7.43. The van der Waals surface area contributed by atoms with Gasteiger partial charge in [0.25, 0.3) is 0 Å². The second-order valence-electron chi connectivity index (χ2n) is 5.83. The highest BCUT2D eigenvalue weighted by Gasteiger charge is 2.30. The monoisotopic (exact) mass is 296 g/mol. The molecule has 21 heavy (non-hydrogen) atoms. The lowest BCUT2D eigenvalue weighted by Crippen LogP contribution is -2.47. The lowest BCUT2D eigenvalue weighted by atomic mass is 9.98. The molecule has 118 valence electrons. The smallest absolute Gasteiger partial charge is 0.310 e. The average molecular weight is 296 g/mol. The molecule has 0 aromatic rings. The van der Waals surface area contributed by atoms with E-state index in [0.717, 1.165) is 32.1 Å². The van der Waals surface area contributed by atoms with Gasteiger partial charge in [-0.1, -0.05) is 6.42 Å². The van der Waals surface area contributed by atoms with Crippen LogP contribution in [0.1, 0.15) is 38.5 Å². The Morgan fingerprint density at radius 3 is 2.76 bits per heavy atom. The molecule has 0 saturated carbocycles. The molecule has 0 aromatic carbocycles. The van der Waals surface area contributed by atoms with E-state index in [0.29, 0.717) is 26.1 Å². The average Bonchev–Trinajstić information content (AvgIpc) is 2.71. The third-order valence-corrected chi connectivity index (χ3v) is 4.31. The lowest BCUT2D eigenvalue weighted by molar-refractivity contribution is -0.150. The van der Waals surface area contributed by atoms with Crippen molar-refractivity contribution in [3.8, 4) is 0 Å². The number of nitrogens with zero attached hydrogens (tertiary/aromatic N) is 2. The van der Waals surface area contributed by atoms with Gasteiger partial charge in [0.05, 0.1) is 19.6 Å². The summed E-state index contributed by atoms with van der Waals surface area (Å²) in [4.78, 5) is 39.3. The molecule has 2 fully saturated rings. The summed E-state index contributed by atoms with van der Waals surface area (Å²) < 4.78 is 4.76. The lowest BCUT2D eigenvalue weighted by Gasteiger charge is -2.33. The summed E-state index contributed by atoms with van der Waals surface area (Å²) in [7, 11) is 1.37. The maximum Gasteiger partial charge on any atom is 0.310 e. The SMILES string of the molecule is COC(=O)[C@H]1CCCN(C(=O)CN2CCCCCC2=O)C1. The Morgan fingerprint density at radius 2 is 2.00 bits per heavy atom. The van der Waals surface area contributed by atoms with Crippen LogP contribution in [0.25, 0.3) is 0 Å². The second-order valence-corrected chi connectivity index (χ2v) is 5.83. The van der Waals surface area contributed by atoms with Gasteiger partial charge in [0.1, 0.15) is 0 Å². The molecule has 0 aliphatic carbocycles. The largest absolute Gasteiger partial charge is 0.469 e. The van der Waals surface area contributed by atoms with Crippen LogP contribution >= 0.6 is 0 Å². The molecule has 2 rings (SSSR count). The molecule has 6 heteroatoms. The van der Waals surface area contributed by atoms with Gasteiger partial charge in [0, 0.05) is 26.1 Å². The molecule has 2 saturated heterocycles. The first-order chi connectivity index (χ1) is 10.1. The molecule has 0 radical (unpaired) electrons. The minimum atomic E-state index is -0.252. The van der Waals surface area contributed by atoms with Crippen molar-refractivity contribution in [2.45, 2.75) is 38.5 Å². The molecule has 0 unspecified atom stereocenters. The zero-order valence-electron chi connectivity index (χ0n) is 12.7. The normalized spacial score (nSPS) is 23.7. The van der Waals surface area contributed by atoms with Crippen LogP contribution in [0, 0.1) is 5.92 Å². The number of rotatable bonds is 3. The topological polar surface area (TPSA) is 66.9 Å². The van der Waals surface area contributed by atoms with Gasteiger partial charge in [-0.15, -0.1) is 0 Å². The number of piperidine rings is 1. The number of amides is 2. The van der Waals surface area contributed by atoms with Crippen LogP contribution < -0.4 is 0 Å². The zero-order valence-corrected chi connectivity index (χ0v) is 12.7. The highest BCUT2D eigenvalue weighted by atomic mass is 16.5. The number of hydrogen-bond acceptors (Lipinski definition) is 4. The Bertz CT molecular complexity index is 410. The van der Waals surface area contributed by atoms with E-state index < -0.39 is 0 Å². The van der Waals surface area contributed by atoms with Gasteiger partial charge in [-0.25, -0.2) is 0 Å². The van der Waals surface area contributed by atoms with Crippen LogP contribution in [0.4, 0.5) is 0 Å². The third-order valence-electron chi connectivity index (χ3n) is 4.31. The van der Waals surface area contributed by atoms with E-state index in [2.05, 4.69) is 0 Å². The van der Waals surface area contributed by atoms with Crippen molar-refractivity contribution >= 4 is 17.8 Å². The number of ether oxygens (including phenoxy) is 1. The molecule has 2 aliphatic rings. The molecule has 6 nitrogen and oxygen atoms in total. The molecule has 0 aromatic heterocycles. The van der Waals surface area contributed by atoms with E-state index in [4.69, 9.17) is 4.74 Å². The molecule has 1 atom stereocenters. The predicted molar refractivity (Wildman–Crippen MR) is 76.4 cm³/mol. The molecule has 0 bridgehead atoms. The first kappa shape index (κ1) is 15.8. The van der Waals surface area contributed by atoms with Gasteiger partial charge in [-0.2, -0.15) is 0 Å². The van der Waals surface area contributed by atoms with Gasteiger partial charge < -0.3 is 14.5 Å². The predicted octanol–water partition coefficient (Wildman–Crippen LogP) is 0.801.